The molecule has 128 valence electrons. The minimum atomic E-state index is 0.0985. The van der Waals surface area contributed by atoms with Crippen LogP contribution < -0.4 is 5.32 Å². The molecule has 4 rings (SSSR count). The third-order valence-electron chi connectivity index (χ3n) is 4.15. The summed E-state index contributed by atoms with van der Waals surface area (Å²) >= 11 is 0. The smallest absolute Gasteiger partial charge is 0.261 e. The lowest BCUT2D eigenvalue weighted by Crippen LogP contribution is -2.08. The maximum Gasteiger partial charge on any atom is 0.261 e. The lowest BCUT2D eigenvalue weighted by Gasteiger charge is -2.16. The van der Waals surface area contributed by atoms with Gasteiger partial charge in [0, 0.05) is 17.8 Å². The summed E-state index contributed by atoms with van der Waals surface area (Å²) in [5.74, 6) is 1.72. The topological polar surface area (TPSA) is 63.8 Å². The molecule has 0 spiro atoms. The standard InChI is InChI=1S/C21H18N4O/c1-15(16-9-4-2-5-10-16)23-20-18(13-8-14-22-20)21-24-19(25-26-21)17-11-6-3-7-12-17/h2-15H,1H3,(H,22,23). The molecular formula is C21H18N4O. The van der Waals surface area contributed by atoms with E-state index in [0.29, 0.717) is 17.5 Å². The van der Waals surface area contributed by atoms with E-state index in [1.54, 1.807) is 6.20 Å². The van der Waals surface area contributed by atoms with Crippen molar-refractivity contribution in [2.75, 3.05) is 5.32 Å². The van der Waals surface area contributed by atoms with Crippen LogP contribution in [0.5, 0.6) is 0 Å². The zero-order chi connectivity index (χ0) is 17.8. The van der Waals surface area contributed by atoms with Crippen LogP contribution in [-0.2, 0) is 0 Å². The fraction of sp³-hybridized carbons (Fsp3) is 0.0952. The Morgan fingerprint density at radius 1 is 0.885 bits per heavy atom. The van der Waals surface area contributed by atoms with E-state index in [9.17, 15) is 0 Å². The van der Waals surface area contributed by atoms with Gasteiger partial charge < -0.3 is 9.84 Å². The molecule has 4 aromatic rings. The molecule has 0 saturated carbocycles. The third-order valence-corrected chi connectivity index (χ3v) is 4.15. The molecule has 2 aromatic carbocycles. The minimum absolute atomic E-state index is 0.0985. The fourth-order valence-corrected chi connectivity index (χ4v) is 2.76. The quantitative estimate of drug-likeness (QED) is 0.554. The van der Waals surface area contributed by atoms with Crippen LogP contribution in [0.4, 0.5) is 5.82 Å². The summed E-state index contributed by atoms with van der Waals surface area (Å²) in [4.78, 5) is 9.00. The van der Waals surface area contributed by atoms with E-state index in [4.69, 9.17) is 4.52 Å². The van der Waals surface area contributed by atoms with Crippen molar-refractivity contribution in [3.63, 3.8) is 0 Å². The summed E-state index contributed by atoms with van der Waals surface area (Å²) in [5.41, 5.74) is 2.88. The molecule has 0 amide bonds. The number of hydrogen-bond donors (Lipinski definition) is 1. The maximum atomic E-state index is 5.49. The molecule has 0 aliphatic heterocycles. The van der Waals surface area contributed by atoms with Crippen LogP contribution in [0.25, 0.3) is 22.8 Å². The molecule has 1 N–H and O–H groups in total. The Bertz CT molecular complexity index is 983. The Hall–Kier alpha value is -3.47. The predicted molar refractivity (Wildman–Crippen MR) is 101 cm³/mol. The molecular weight excluding hydrogens is 324 g/mol. The SMILES string of the molecule is CC(Nc1ncccc1-c1nc(-c2ccccc2)no1)c1ccccc1. The van der Waals surface area contributed by atoms with Crippen LogP contribution in [0.3, 0.4) is 0 Å². The van der Waals surface area contributed by atoms with E-state index in [1.165, 1.54) is 5.56 Å². The Kier molecular flexibility index (Phi) is 4.43. The van der Waals surface area contributed by atoms with Gasteiger partial charge in [-0.25, -0.2) is 4.98 Å². The summed E-state index contributed by atoms with van der Waals surface area (Å²) in [6.07, 6.45) is 1.75. The summed E-state index contributed by atoms with van der Waals surface area (Å²) in [5, 5.41) is 7.53. The van der Waals surface area contributed by atoms with Gasteiger partial charge in [-0.15, -0.1) is 0 Å². The number of rotatable bonds is 5. The Morgan fingerprint density at radius 2 is 1.62 bits per heavy atom. The molecule has 5 heteroatoms. The number of nitrogens with one attached hydrogen (secondary N) is 1. The molecule has 1 atom stereocenters. The number of aromatic nitrogens is 3. The van der Waals surface area contributed by atoms with Crippen molar-refractivity contribution >= 4 is 5.82 Å². The van der Waals surface area contributed by atoms with Gasteiger partial charge in [-0.1, -0.05) is 65.8 Å². The molecule has 0 saturated heterocycles. The molecule has 1 unspecified atom stereocenters. The second-order valence-electron chi connectivity index (χ2n) is 5.97. The van der Waals surface area contributed by atoms with Crippen molar-refractivity contribution < 1.29 is 4.52 Å². The van der Waals surface area contributed by atoms with Crippen LogP contribution in [0, 0.1) is 0 Å². The molecule has 0 bridgehead atoms. The van der Waals surface area contributed by atoms with E-state index >= 15 is 0 Å². The van der Waals surface area contributed by atoms with Crippen molar-refractivity contribution in [2.24, 2.45) is 0 Å². The highest BCUT2D eigenvalue weighted by Gasteiger charge is 2.16. The van der Waals surface area contributed by atoms with Gasteiger partial charge in [0.05, 0.1) is 5.56 Å². The van der Waals surface area contributed by atoms with Crippen molar-refractivity contribution in [2.45, 2.75) is 13.0 Å². The number of hydrogen-bond acceptors (Lipinski definition) is 5. The first kappa shape index (κ1) is 16.0. The molecule has 26 heavy (non-hydrogen) atoms. The molecule has 5 nitrogen and oxygen atoms in total. The highest BCUT2D eigenvalue weighted by Crippen LogP contribution is 2.29. The van der Waals surface area contributed by atoms with Crippen molar-refractivity contribution in [1.82, 2.24) is 15.1 Å². The summed E-state index contributed by atoms with van der Waals surface area (Å²) < 4.78 is 5.49. The number of pyridine rings is 1. The van der Waals surface area contributed by atoms with Crippen LogP contribution in [0.2, 0.25) is 0 Å². The van der Waals surface area contributed by atoms with Gasteiger partial charge >= 0.3 is 0 Å². The Balaban J connectivity index is 1.63. The third kappa shape index (κ3) is 3.32. The minimum Gasteiger partial charge on any atom is -0.363 e. The zero-order valence-corrected chi connectivity index (χ0v) is 14.3. The van der Waals surface area contributed by atoms with Crippen LogP contribution >= 0.6 is 0 Å². The fourth-order valence-electron chi connectivity index (χ4n) is 2.76. The highest BCUT2D eigenvalue weighted by atomic mass is 16.5. The van der Waals surface area contributed by atoms with Gasteiger partial charge in [0.1, 0.15) is 5.82 Å². The Labute approximate surface area is 151 Å². The van der Waals surface area contributed by atoms with E-state index in [2.05, 4.69) is 39.5 Å². The van der Waals surface area contributed by atoms with E-state index in [-0.39, 0.29) is 6.04 Å². The molecule has 0 radical (unpaired) electrons. The molecule has 2 heterocycles. The first-order valence-electron chi connectivity index (χ1n) is 8.47. The Morgan fingerprint density at radius 3 is 2.38 bits per heavy atom. The summed E-state index contributed by atoms with van der Waals surface area (Å²) in [6.45, 7) is 2.09. The van der Waals surface area contributed by atoms with Gasteiger partial charge in [0.25, 0.3) is 5.89 Å². The van der Waals surface area contributed by atoms with Crippen molar-refractivity contribution in [3.05, 3.63) is 84.6 Å². The maximum absolute atomic E-state index is 5.49. The predicted octanol–water partition coefficient (Wildman–Crippen LogP) is 4.97. The van der Waals surface area contributed by atoms with Gasteiger partial charge in [0.2, 0.25) is 5.82 Å². The van der Waals surface area contributed by atoms with Crippen LogP contribution in [-0.4, -0.2) is 15.1 Å². The average Bonchev–Trinajstić information content (AvgIpc) is 3.20. The van der Waals surface area contributed by atoms with E-state index in [0.717, 1.165) is 11.1 Å². The molecule has 0 aliphatic carbocycles. The summed E-state index contributed by atoms with van der Waals surface area (Å²) in [7, 11) is 0. The number of benzene rings is 2. The van der Waals surface area contributed by atoms with Gasteiger partial charge in [-0.2, -0.15) is 4.98 Å². The lowest BCUT2D eigenvalue weighted by molar-refractivity contribution is 0.432. The van der Waals surface area contributed by atoms with Gasteiger partial charge in [-0.05, 0) is 24.6 Å². The number of nitrogens with zero attached hydrogens (tertiary/aromatic N) is 3. The first-order chi connectivity index (χ1) is 12.8. The highest BCUT2D eigenvalue weighted by molar-refractivity contribution is 5.70. The summed E-state index contributed by atoms with van der Waals surface area (Å²) in [6, 6.07) is 23.9. The largest absolute Gasteiger partial charge is 0.363 e. The molecule has 0 fully saturated rings. The van der Waals surface area contributed by atoms with Gasteiger partial charge in [0.15, 0.2) is 0 Å². The normalized spacial score (nSPS) is 11.9. The molecule has 0 aliphatic rings. The lowest BCUT2D eigenvalue weighted by atomic mass is 10.1. The van der Waals surface area contributed by atoms with Gasteiger partial charge in [-0.3, -0.25) is 0 Å². The monoisotopic (exact) mass is 342 g/mol. The van der Waals surface area contributed by atoms with Crippen molar-refractivity contribution in [3.8, 4) is 22.8 Å². The van der Waals surface area contributed by atoms with Crippen LogP contribution in [0.1, 0.15) is 18.5 Å². The second-order valence-corrected chi connectivity index (χ2v) is 5.97. The molecule has 2 aromatic heterocycles. The first-order valence-corrected chi connectivity index (χ1v) is 8.47. The zero-order valence-electron chi connectivity index (χ0n) is 14.3. The van der Waals surface area contributed by atoms with E-state index < -0.39 is 0 Å². The number of anilines is 1. The van der Waals surface area contributed by atoms with Crippen molar-refractivity contribution in [1.29, 1.82) is 0 Å². The van der Waals surface area contributed by atoms with Crippen LogP contribution in [0.15, 0.2) is 83.5 Å². The second kappa shape index (κ2) is 7.19. The average molecular weight is 342 g/mol. The van der Waals surface area contributed by atoms with E-state index in [1.807, 2.05) is 60.7 Å².